The molecule has 1 aromatic heterocycles. The summed E-state index contributed by atoms with van der Waals surface area (Å²) in [5.41, 5.74) is 5.81. The zero-order valence-corrected chi connectivity index (χ0v) is 11.8. The normalized spacial score (nSPS) is 11.4. The maximum atomic E-state index is 12.0. The number of nitrogens with zero attached hydrogens (tertiary/aromatic N) is 1. The summed E-state index contributed by atoms with van der Waals surface area (Å²) in [5.74, 6) is 0. The summed E-state index contributed by atoms with van der Waals surface area (Å²) < 4.78 is 26.5. The van der Waals surface area contributed by atoms with Gasteiger partial charge in [-0.1, -0.05) is 0 Å². The van der Waals surface area contributed by atoms with Gasteiger partial charge < -0.3 is 5.73 Å². The first-order chi connectivity index (χ1) is 9.40. The SMILES string of the molecule is Nc1cc(S(=O)(=O)NCc2ccsc2)ccc1[N+](=O)[O-]. The third-order valence-electron chi connectivity index (χ3n) is 2.55. The molecular weight excluding hydrogens is 302 g/mol. The molecule has 0 spiro atoms. The number of benzene rings is 1. The quantitative estimate of drug-likeness (QED) is 0.495. The minimum Gasteiger partial charge on any atom is -0.393 e. The van der Waals surface area contributed by atoms with Crippen molar-refractivity contribution < 1.29 is 13.3 Å². The molecule has 0 aliphatic heterocycles. The third kappa shape index (κ3) is 3.13. The molecule has 0 radical (unpaired) electrons. The monoisotopic (exact) mass is 313 g/mol. The molecule has 0 bridgehead atoms. The van der Waals surface area contributed by atoms with Crippen LogP contribution in [0.15, 0.2) is 39.9 Å². The van der Waals surface area contributed by atoms with E-state index in [0.717, 1.165) is 23.8 Å². The Morgan fingerprint density at radius 2 is 2.10 bits per heavy atom. The van der Waals surface area contributed by atoms with Crippen molar-refractivity contribution in [1.82, 2.24) is 4.72 Å². The Hall–Kier alpha value is -1.97. The van der Waals surface area contributed by atoms with E-state index in [4.69, 9.17) is 5.73 Å². The number of hydrogen-bond acceptors (Lipinski definition) is 6. The van der Waals surface area contributed by atoms with Crippen LogP contribution in [0.3, 0.4) is 0 Å². The molecule has 20 heavy (non-hydrogen) atoms. The lowest BCUT2D eigenvalue weighted by Crippen LogP contribution is -2.23. The summed E-state index contributed by atoms with van der Waals surface area (Å²) in [6.07, 6.45) is 0. The Morgan fingerprint density at radius 1 is 1.35 bits per heavy atom. The molecule has 9 heteroatoms. The van der Waals surface area contributed by atoms with Crippen LogP contribution in [-0.2, 0) is 16.6 Å². The Kier molecular flexibility index (Phi) is 4.02. The number of nitrogen functional groups attached to an aromatic ring is 1. The van der Waals surface area contributed by atoms with Crippen LogP contribution in [0.5, 0.6) is 0 Å². The average molecular weight is 313 g/mol. The highest BCUT2D eigenvalue weighted by Crippen LogP contribution is 2.24. The van der Waals surface area contributed by atoms with Crippen molar-refractivity contribution in [1.29, 1.82) is 0 Å². The number of nitro benzene ring substituents is 1. The van der Waals surface area contributed by atoms with Crippen LogP contribution in [-0.4, -0.2) is 13.3 Å². The second kappa shape index (κ2) is 5.57. The lowest BCUT2D eigenvalue weighted by Gasteiger charge is -2.06. The zero-order valence-electron chi connectivity index (χ0n) is 10.1. The molecule has 0 saturated heterocycles. The minimum absolute atomic E-state index is 0.101. The summed E-state index contributed by atoms with van der Waals surface area (Å²) in [4.78, 5) is 9.86. The van der Waals surface area contributed by atoms with Gasteiger partial charge in [0.2, 0.25) is 10.0 Å². The molecule has 0 saturated carbocycles. The van der Waals surface area contributed by atoms with Crippen molar-refractivity contribution in [2.75, 3.05) is 5.73 Å². The highest BCUT2D eigenvalue weighted by molar-refractivity contribution is 7.89. The van der Waals surface area contributed by atoms with Crippen molar-refractivity contribution in [3.8, 4) is 0 Å². The highest BCUT2D eigenvalue weighted by Gasteiger charge is 2.18. The second-order valence-corrected chi connectivity index (χ2v) is 6.48. The molecule has 2 aromatic rings. The Labute approximate surface area is 119 Å². The fraction of sp³-hybridized carbons (Fsp3) is 0.0909. The van der Waals surface area contributed by atoms with Crippen molar-refractivity contribution in [3.63, 3.8) is 0 Å². The van der Waals surface area contributed by atoms with Crippen LogP contribution < -0.4 is 10.5 Å². The first kappa shape index (κ1) is 14.4. The van der Waals surface area contributed by atoms with E-state index in [1.54, 1.807) is 6.07 Å². The van der Waals surface area contributed by atoms with Gasteiger partial charge >= 0.3 is 0 Å². The molecule has 2 rings (SSSR count). The number of thiophene rings is 1. The summed E-state index contributed by atoms with van der Waals surface area (Å²) >= 11 is 1.46. The van der Waals surface area contributed by atoms with Crippen LogP contribution in [0.25, 0.3) is 0 Å². The van der Waals surface area contributed by atoms with E-state index in [9.17, 15) is 18.5 Å². The summed E-state index contributed by atoms with van der Waals surface area (Å²) in [6.45, 7) is 0.155. The predicted molar refractivity (Wildman–Crippen MR) is 75.9 cm³/mol. The van der Waals surface area contributed by atoms with Gasteiger partial charge in [0.05, 0.1) is 9.82 Å². The van der Waals surface area contributed by atoms with Crippen molar-refractivity contribution in [2.24, 2.45) is 0 Å². The molecule has 0 fully saturated rings. The van der Waals surface area contributed by atoms with Gasteiger partial charge in [0.1, 0.15) is 5.69 Å². The first-order valence-corrected chi connectivity index (χ1v) is 7.87. The number of nitrogens with two attached hydrogens (primary N) is 1. The molecule has 7 nitrogen and oxygen atoms in total. The van der Waals surface area contributed by atoms with Crippen LogP contribution in [0, 0.1) is 10.1 Å². The number of sulfonamides is 1. The van der Waals surface area contributed by atoms with Gasteiger partial charge in [0, 0.05) is 12.6 Å². The fourth-order valence-corrected chi connectivity index (χ4v) is 3.24. The van der Waals surface area contributed by atoms with E-state index in [1.807, 2.05) is 10.8 Å². The summed E-state index contributed by atoms with van der Waals surface area (Å²) in [5, 5.41) is 14.3. The molecule has 1 aromatic carbocycles. The van der Waals surface area contributed by atoms with Crippen LogP contribution in [0.2, 0.25) is 0 Å². The van der Waals surface area contributed by atoms with Crippen LogP contribution in [0.4, 0.5) is 11.4 Å². The number of nitro groups is 1. The smallest absolute Gasteiger partial charge is 0.292 e. The molecule has 0 unspecified atom stereocenters. The number of hydrogen-bond donors (Lipinski definition) is 2. The van der Waals surface area contributed by atoms with Gasteiger partial charge in [-0.05, 0) is 34.5 Å². The third-order valence-corrected chi connectivity index (χ3v) is 4.68. The number of rotatable bonds is 5. The molecule has 1 heterocycles. The Morgan fingerprint density at radius 3 is 2.65 bits per heavy atom. The Balaban J connectivity index is 2.21. The second-order valence-electron chi connectivity index (χ2n) is 3.93. The largest absolute Gasteiger partial charge is 0.393 e. The summed E-state index contributed by atoms with van der Waals surface area (Å²) in [6, 6.07) is 5.12. The Bertz CT molecular complexity index is 726. The average Bonchev–Trinajstić information content (AvgIpc) is 2.89. The van der Waals surface area contributed by atoms with Crippen LogP contribution >= 0.6 is 11.3 Å². The van der Waals surface area contributed by atoms with E-state index in [-0.39, 0.29) is 22.8 Å². The van der Waals surface area contributed by atoms with E-state index in [1.165, 1.54) is 11.3 Å². The van der Waals surface area contributed by atoms with Gasteiger partial charge in [-0.2, -0.15) is 11.3 Å². The molecular formula is C11H11N3O4S2. The zero-order chi connectivity index (χ0) is 14.8. The van der Waals surface area contributed by atoms with E-state index in [2.05, 4.69) is 4.72 Å². The lowest BCUT2D eigenvalue weighted by molar-refractivity contribution is -0.383. The van der Waals surface area contributed by atoms with E-state index < -0.39 is 14.9 Å². The standard InChI is InChI=1S/C11H11N3O4S2/c12-10-5-9(1-2-11(10)14(15)16)20(17,18)13-6-8-3-4-19-7-8/h1-5,7,13H,6,12H2. The number of anilines is 1. The fourth-order valence-electron chi connectivity index (χ4n) is 1.52. The van der Waals surface area contributed by atoms with Gasteiger partial charge in [-0.15, -0.1) is 0 Å². The molecule has 0 atom stereocenters. The van der Waals surface area contributed by atoms with Gasteiger partial charge in [-0.3, -0.25) is 10.1 Å². The predicted octanol–water partition coefficient (Wildman–Crippen LogP) is 1.72. The van der Waals surface area contributed by atoms with Gasteiger partial charge in [0.15, 0.2) is 0 Å². The van der Waals surface area contributed by atoms with E-state index >= 15 is 0 Å². The molecule has 0 aliphatic carbocycles. The van der Waals surface area contributed by atoms with Gasteiger partial charge in [-0.25, -0.2) is 13.1 Å². The molecule has 3 N–H and O–H groups in total. The minimum atomic E-state index is -3.75. The lowest BCUT2D eigenvalue weighted by atomic mass is 10.3. The van der Waals surface area contributed by atoms with Crippen LogP contribution in [0.1, 0.15) is 5.56 Å². The maximum absolute atomic E-state index is 12.0. The van der Waals surface area contributed by atoms with Crippen molar-refractivity contribution in [2.45, 2.75) is 11.4 Å². The summed E-state index contributed by atoms with van der Waals surface area (Å²) in [7, 11) is -3.75. The first-order valence-electron chi connectivity index (χ1n) is 5.45. The molecule has 106 valence electrons. The van der Waals surface area contributed by atoms with Crippen molar-refractivity contribution in [3.05, 3.63) is 50.7 Å². The highest BCUT2D eigenvalue weighted by atomic mass is 32.2. The van der Waals surface area contributed by atoms with Gasteiger partial charge in [0.25, 0.3) is 5.69 Å². The maximum Gasteiger partial charge on any atom is 0.292 e. The molecule has 0 amide bonds. The number of nitrogens with one attached hydrogen (secondary N) is 1. The topological polar surface area (TPSA) is 115 Å². The van der Waals surface area contributed by atoms with Crippen molar-refractivity contribution >= 4 is 32.7 Å². The molecule has 0 aliphatic rings. The van der Waals surface area contributed by atoms with E-state index in [0.29, 0.717) is 0 Å².